The molecule has 1 saturated carbocycles. The molecular weight excluding hydrogens is 358 g/mol. The standard InChI is InChI=1S/C14H18BrNO4S/c1-9-12(15)7-11(14(17)18)8-13(9)21(19,20)16-6-2-3-10-4-5-10/h7-8,10,16H,2-6H2,1H3,(H,17,18). The molecular formula is C14H18BrNO4S. The molecule has 1 aliphatic rings. The Kier molecular flexibility index (Phi) is 5.06. The lowest BCUT2D eigenvalue weighted by atomic mass is 10.1. The normalized spacial score (nSPS) is 15.1. The Labute approximate surface area is 132 Å². The maximum Gasteiger partial charge on any atom is 0.335 e. The molecule has 0 aromatic heterocycles. The van der Waals surface area contributed by atoms with E-state index in [0.29, 0.717) is 16.6 Å². The smallest absolute Gasteiger partial charge is 0.335 e. The van der Waals surface area contributed by atoms with Gasteiger partial charge in [-0.15, -0.1) is 0 Å². The molecule has 5 nitrogen and oxygen atoms in total. The van der Waals surface area contributed by atoms with Gasteiger partial charge >= 0.3 is 5.97 Å². The van der Waals surface area contributed by atoms with Crippen LogP contribution in [0.3, 0.4) is 0 Å². The van der Waals surface area contributed by atoms with Crippen LogP contribution < -0.4 is 4.72 Å². The van der Waals surface area contributed by atoms with Crippen LogP contribution in [0.2, 0.25) is 0 Å². The average molecular weight is 376 g/mol. The van der Waals surface area contributed by atoms with Crippen molar-refractivity contribution >= 4 is 31.9 Å². The summed E-state index contributed by atoms with van der Waals surface area (Å²) in [4.78, 5) is 11.1. The monoisotopic (exact) mass is 375 g/mol. The molecule has 2 N–H and O–H groups in total. The van der Waals surface area contributed by atoms with Crippen molar-refractivity contribution in [1.29, 1.82) is 0 Å². The summed E-state index contributed by atoms with van der Waals surface area (Å²) in [6.45, 7) is 2.03. The Hall–Kier alpha value is -0.920. The summed E-state index contributed by atoms with van der Waals surface area (Å²) >= 11 is 3.21. The highest BCUT2D eigenvalue weighted by molar-refractivity contribution is 9.10. The number of halogens is 1. The zero-order valence-corrected chi connectivity index (χ0v) is 14.1. The van der Waals surface area contributed by atoms with Gasteiger partial charge in [0, 0.05) is 11.0 Å². The SMILES string of the molecule is Cc1c(Br)cc(C(=O)O)cc1S(=O)(=O)NCCCC1CC1. The van der Waals surface area contributed by atoms with Crippen LogP contribution in [-0.2, 0) is 10.0 Å². The fourth-order valence-corrected chi connectivity index (χ4v) is 4.09. The van der Waals surface area contributed by atoms with Gasteiger partial charge < -0.3 is 5.11 Å². The lowest BCUT2D eigenvalue weighted by molar-refractivity contribution is 0.0696. The Morgan fingerprint density at radius 1 is 1.43 bits per heavy atom. The molecule has 21 heavy (non-hydrogen) atoms. The summed E-state index contributed by atoms with van der Waals surface area (Å²) in [6, 6.07) is 2.61. The Balaban J connectivity index is 2.15. The largest absolute Gasteiger partial charge is 0.478 e. The fraction of sp³-hybridized carbons (Fsp3) is 0.500. The first kappa shape index (κ1) is 16.5. The molecule has 0 aliphatic heterocycles. The van der Waals surface area contributed by atoms with E-state index in [1.807, 2.05) is 0 Å². The number of nitrogens with one attached hydrogen (secondary N) is 1. The van der Waals surface area contributed by atoms with E-state index in [0.717, 1.165) is 18.8 Å². The maximum absolute atomic E-state index is 12.3. The van der Waals surface area contributed by atoms with Crippen molar-refractivity contribution in [2.24, 2.45) is 5.92 Å². The average Bonchev–Trinajstić information content (AvgIpc) is 3.21. The van der Waals surface area contributed by atoms with Crippen LogP contribution in [0.25, 0.3) is 0 Å². The van der Waals surface area contributed by atoms with E-state index in [1.165, 1.54) is 25.0 Å². The highest BCUT2D eigenvalue weighted by atomic mass is 79.9. The first-order valence-corrected chi connectivity index (χ1v) is 9.12. The van der Waals surface area contributed by atoms with Crippen LogP contribution in [-0.4, -0.2) is 26.0 Å². The maximum atomic E-state index is 12.3. The van der Waals surface area contributed by atoms with E-state index in [4.69, 9.17) is 5.11 Å². The van der Waals surface area contributed by atoms with Crippen molar-refractivity contribution in [3.05, 3.63) is 27.7 Å². The molecule has 0 saturated heterocycles. The topological polar surface area (TPSA) is 83.5 Å². The first-order valence-electron chi connectivity index (χ1n) is 6.84. The third-order valence-corrected chi connectivity index (χ3v) is 6.02. The number of benzene rings is 1. The molecule has 0 heterocycles. The van der Waals surface area contributed by atoms with Crippen LogP contribution in [0.4, 0.5) is 0 Å². The van der Waals surface area contributed by atoms with Gasteiger partial charge in [-0.2, -0.15) is 0 Å². The minimum atomic E-state index is -3.69. The van der Waals surface area contributed by atoms with Gasteiger partial charge in [-0.05, 0) is 43.4 Å². The zero-order valence-electron chi connectivity index (χ0n) is 11.7. The summed E-state index contributed by atoms with van der Waals surface area (Å²) in [5.41, 5.74) is 0.459. The Morgan fingerprint density at radius 2 is 2.10 bits per heavy atom. The van der Waals surface area contributed by atoms with Gasteiger partial charge in [-0.1, -0.05) is 28.8 Å². The van der Waals surface area contributed by atoms with E-state index >= 15 is 0 Å². The van der Waals surface area contributed by atoms with Gasteiger partial charge in [0.05, 0.1) is 10.5 Å². The summed E-state index contributed by atoms with van der Waals surface area (Å²) in [5.74, 6) is -0.387. The number of hydrogen-bond acceptors (Lipinski definition) is 3. The highest BCUT2D eigenvalue weighted by Gasteiger charge is 2.23. The summed E-state index contributed by atoms with van der Waals surface area (Å²) in [6.07, 6.45) is 4.35. The van der Waals surface area contributed by atoms with E-state index in [9.17, 15) is 13.2 Å². The van der Waals surface area contributed by atoms with Gasteiger partial charge in [0.2, 0.25) is 10.0 Å². The van der Waals surface area contributed by atoms with E-state index < -0.39 is 16.0 Å². The molecule has 0 bridgehead atoms. The predicted molar refractivity (Wildman–Crippen MR) is 83.0 cm³/mol. The number of sulfonamides is 1. The number of rotatable bonds is 7. The molecule has 7 heteroatoms. The van der Waals surface area contributed by atoms with Crippen molar-refractivity contribution in [1.82, 2.24) is 4.72 Å². The van der Waals surface area contributed by atoms with E-state index in [1.54, 1.807) is 6.92 Å². The fourth-order valence-electron chi connectivity index (χ4n) is 2.14. The van der Waals surface area contributed by atoms with Crippen LogP contribution >= 0.6 is 15.9 Å². The number of aromatic carboxylic acids is 1. The molecule has 0 spiro atoms. The highest BCUT2D eigenvalue weighted by Crippen LogP contribution is 2.33. The molecule has 1 aliphatic carbocycles. The second kappa shape index (κ2) is 6.46. The number of hydrogen-bond donors (Lipinski definition) is 2. The lowest BCUT2D eigenvalue weighted by Crippen LogP contribution is -2.26. The van der Waals surface area contributed by atoms with Gasteiger partial charge in [-0.25, -0.2) is 17.9 Å². The van der Waals surface area contributed by atoms with Gasteiger partial charge in [0.1, 0.15) is 0 Å². The molecule has 2 rings (SSSR count). The summed E-state index contributed by atoms with van der Waals surface area (Å²) in [7, 11) is -3.69. The summed E-state index contributed by atoms with van der Waals surface area (Å²) < 4.78 is 27.7. The molecule has 116 valence electrons. The van der Waals surface area contributed by atoms with Crippen molar-refractivity contribution in [3.8, 4) is 0 Å². The molecule has 1 fully saturated rings. The van der Waals surface area contributed by atoms with E-state index in [-0.39, 0.29) is 10.5 Å². The molecule has 0 amide bonds. The summed E-state index contributed by atoms with van der Waals surface area (Å²) in [5, 5.41) is 9.04. The molecule has 0 unspecified atom stereocenters. The van der Waals surface area contributed by atoms with Crippen molar-refractivity contribution in [2.45, 2.75) is 37.5 Å². The second-order valence-electron chi connectivity index (χ2n) is 5.37. The minimum absolute atomic E-state index is 0.0145. The van der Waals surface area contributed by atoms with E-state index in [2.05, 4.69) is 20.7 Å². The predicted octanol–water partition coefficient (Wildman–Crippen LogP) is 2.92. The number of carboxylic acids is 1. The molecule has 1 aromatic carbocycles. The quantitative estimate of drug-likeness (QED) is 0.717. The lowest BCUT2D eigenvalue weighted by Gasteiger charge is -2.11. The van der Waals surface area contributed by atoms with Crippen molar-refractivity contribution in [2.75, 3.05) is 6.54 Å². The number of carboxylic acid groups (broad SMARTS) is 1. The van der Waals surface area contributed by atoms with Crippen molar-refractivity contribution in [3.63, 3.8) is 0 Å². The van der Waals surface area contributed by atoms with Gasteiger partial charge in [0.15, 0.2) is 0 Å². The molecule has 1 aromatic rings. The van der Waals surface area contributed by atoms with Crippen LogP contribution in [0, 0.1) is 12.8 Å². The second-order valence-corrected chi connectivity index (χ2v) is 7.96. The Bertz CT molecular complexity index is 653. The third-order valence-electron chi connectivity index (χ3n) is 3.61. The van der Waals surface area contributed by atoms with Crippen LogP contribution in [0.1, 0.15) is 41.6 Å². The van der Waals surface area contributed by atoms with Gasteiger partial charge in [0.25, 0.3) is 0 Å². The molecule has 0 radical (unpaired) electrons. The number of carbonyl (C=O) groups is 1. The third kappa shape index (κ3) is 4.28. The first-order chi connectivity index (χ1) is 9.81. The van der Waals surface area contributed by atoms with Crippen LogP contribution in [0.15, 0.2) is 21.5 Å². The zero-order chi connectivity index (χ0) is 15.6. The van der Waals surface area contributed by atoms with Crippen LogP contribution in [0.5, 0.6) is 0 Å². The molecule has 0 atom stereocenters. The Morgan fingerprint density at radius 3 is 2.67 bits per heavy atom. The minimum Gasteiger partial charge on any atom is -0.478 e. The van der Waals surface area contributed by atoms with Crippen molar-refractivity contribution < 1.29 is 18.3 Å². The van der Waals surface area contributed by atoms with Gasteiger partial charge in [-0.3, -0.25) is 0 Å².